The van der Waals surface area contributed by atoms with Gasteiger partial charge >= 0.3 is 0 Å². The minimum atomic E-state index is 0.277. The van der Waals surface area contributed by atoms with Crippen molar-refractivity contribution in [1.29, 1.82) is 0 Å². The number of nitrogens with zero attached hydrogens (tertiary/aromatic N) is 2. The number of unbranched alkanes of at least 4 members (excludes halogenated alkanes) is 1. The highest BCUT2D eigenvalue weighted by Gasteiger charge is 2.13. The minimum Gasteiger partial charge on any atom is -0.382 e. The second kappa shape index (κ2) is 12.8. The van der Waals surface area contributed by atoms with Gasteiger partial charge in [0.25, 0.3) is 0 Å². The minimum absolute atomic E-state index is 0.277. The van der Waals surface area contributed by atoms with Gasteiger partial charge in [-0.2, -0.15) is 0 Å². The van der Waals surface area contributed by atoms with Crippen LogP contribution in [0.15, 0.2) is 35.3 Å². The van der Waals surface area contributed by atoms with Gasteiger partial charge in [-0.1, -0.05) is 30.3 Å². The fourth-order valence-corrected chi connectivity index (χ4v) is 2.44. The number of benzene rings is 1. The summed E-state index contributed by atoms with van der Waals surface area (Å²) in [4.78, 5) is 6.98. The first-order chi connectivity index (χ1) is 11.7. The average molecular weight is 335 g/mol. The van der Waals surface area contributed by atoms with E-state index in [1.807, 2.05) is 13.0 Å². The third kappa shape index (κ3) is 8.31. The molecule has 0 heterocycles. The molecule has 2 N–H and O–H groups in total. The standard InChI is InChI=1S/C19H34N4O/c1-5-20-19(21-14-10-11-15-24-6-2)22-16-18(23(3)4)17-12-8-7-9-13-17/h7-9,12-13,18H,5-6,10-11,14-16H2,1-4H3,(H2,20,21,22). The van der Waals surface area contributed by atoms with Crippen molar-refractivity contribution in [3.05, 3.63) is 35.9 Å². The molecule has 0 aliphatic heterocycles. The number of rotatable bonds is 11. The normalized spacial score (nSPS) is 13.1. The topological polar surface area (TPSA) is 48.9 Å². The fraction of sp³-hybridized carbons (Fsp3) is 0.632. The van der Waals surface area contributed by atoms with Crippen molar-refractivity contribution in [1.82, 2.24) is 15.5 Å². The zero-order valence-electron chi connectivity index (χ0n) is 15.7. The molecule has 1 rings (SSSR count). The van der Waals surface area contributed by atoms with Gasteiger partial charge in [0.05, 0.1) is 12.6 Å². The van der Waals surface area contributed by atoms with Crippen LogP contribution >= 0.6 is 0 Å². The van der Waals surface area contributed by atoms with E-state index in [0.29, 0.717) is 0 Å². The molecule has 0 aromatic heterocycles. The quantitative estimate of drug-likeness (QED) is 0.371. The van der Waals surface area contributed by atoms with Crippen LogP contribution in [0.5, 0.6) is 0 Å². The number of hydrogen-bond donors (Lipinski definition) is 2. The van der Waals surface area contributed by atoms with E-state index in [1.165, 1.54) is 5.56 Å². The molecule has 0 saturated heterocycles. The molecule has 0 saturated carbocycles. The molecular formula is C19H34N4O. The molecule has 0 fully saturated rings. The number of ether oxygens (including phenoxy) is 1. The Morgan fingerprint density at radius 1 is 1.12 bits per heavy atom. The molecule has 0 aliphatic carbocycles. The Labute approximate surface area is 147 Å². The number of nitrogens with one attached hydrogen (secondary N) is 2. The summed E-state index contributed by atoms with van der Waals surface area (Å²) >= 11 is 0. The summed E-state index contributed by atoms with van der Waals surface area (Å²) in [7, 11) is 4.20. The number of guanidine groups is 1. The van der Waals surface area contributed by atoms with Gasteiger partial charge < -0.3 is 20.3 Å². The highest BCUT2D eigenvalue weighted by molar-refractivity contribution is 5.79. The Morgan fingerprint density at radius 2 is 1.88 bits per heavy atom. The van der Waals surface area contributed by atoms with Gasteiger partial charge in [0, 0.05) is 26.3 Å². The molecule has 0 radical (unpaired) electrons. The Bertz CT molecular complexity index is 448. The molecule has 1 aromatic carbocycles. The van der Waals surface area contributed by atoms with E-state index in [2.05, 4.69) is 60.8 Å². The molecule has 1 atom stereocenters. The molecule has 24 heavy (non-hydrogen) atoms. The zero-order chi connectivity index (χ0) is 17.6. The van der Waals surface area contributed by atoms with Gasteiger partial charge in [-0.25, -0.2) is 0 Å². The monoisotopic (exact) mass is 334 g/mol. The zero-order valence-corrected chi connectivity index (χ0v) is 15.7. The van der Waals surface area contributed by atoms with Gasteiger partial charge in [0.15, 0.2) is 5.96 Å². The third-order valence-corrected chi connectivity index (χ3v) is 3.79. The van der Waals surface area contributed by atoms with Crippen LogP contribution in [0.4, 0.5) is 0 Å². The fourth-order valence-electron chi connectivity index (χ4n) is 2.44. The van der Waals surface area contributed by atoms with Gasteiger partial charge in [-0.3, -0.25) is 4.99 Å². The molecule has 5 heteroatoms. The highest BCUT2D eigenvalue weighted by Crippen LogP contribution is 2.17. The Balaban J connectivity index is 2.53. The van der Waals surface area contributed by atoms with Crippen molar-refractivity contribution >= 4 is 5.96 Å². The molecule has 0 bridgehead atoms. The van der Waals surface area contributed by atoms with Crippen LogP contribution in [0.25, 0.3) is 0 Å². The number of hydrogen-bond acceptors (Lipinski definition) is 3. The van der Waals surface area contributed by atoms with E-state index in [-0.39, 0.29) is 6.04 Å². The lowest BCUT2D eigenvalue weighted by Gasteiger charge is -2.23. The van der Waals surface area contributed by atoms with Gasteiger partial charge in [0.2, 0.25) is 0 Å². The van der Waals surface area contributed by atoms with Crippen molar-refractivity contribution in [3.8, 4) is 0 Å². The van der Waals surface area contributed by atoms with Crippen LogP contribution in [-0.4, -0.2) is 57.8 Å². The molecule has 0 aliphatic rings. The SMILES string of the molecule is CCNC(=NCC(c1ccccc1)N(C)C)NCCCCOCC. The van der Waals surface area contributed by atoms with Crippen LogP contribution in [0.2, 0.25) is 0 Å². The summed E-state index contributed by atoms with van der Waals surface area (Å²) in [6.45, 7) is 8.26. The second-order valence-corrected chi connectivity index (χ2v) is 5.94. The van der Waals surface area contributed by atoms with Crippen LogP contribution < -0.4 is 10.6 Å². The van der Waals surface area contributed by atoms with Gasteiger partial charge in [-0.05, 0) is 46.3 Å². The summed E-state index contributed by atoms with van der Waals surface area (Å²) in [6.07, 6.45) is 2.16. The predicted molar refractivity (Wildman–Crippen MR) is 103 cm³/mol. The number of aliphatic imine (C=N–C) groups is 1. The maximum Gasteiger partial charge on any atom is 0.191 e. The van der Waals surface area contributed by atoms with E-state index in [1.54, 1.807) is 0 Å². The molecule has 0 amide bonds. The predicted octanol–water partition coefficient (Wildman–Crippen LogP) is 2.66. The molecule has 1 unspecified atom stereocenters. The van der Waals surface area contributed by atoms with Crippen LogP contribution in [0, 0.1) is 0 Å². The van der Waals surface area contributed by atoms with E-state index in [4.69, 9.17) is 9.73 Å². The smallest absolute Gasteiger partial charge is 0.191 e. The lowest BCUT2D eigenvalue weighted by molar-refractivity contribution is 0.143. The lowest BCUT2D eigenvalue weighted by atomic mass is 10.1. The maximum absolute atomic E-state index is 5.36. The summed E-state index contributed by atoms with van der Waals surface area (Å²) in [5.74, 6) is 0.886. The first-order valence-corrected chi connectivity index (χ1v) is 9.00. The van der Waals surface area contributed by atoms with Crippen LogP contribution in [-0.2, 0) is 4.74 Å². The first kappa shape index (κ1) is 20.5. The summed E-state index contributed by atoms with van der Waals surface area (Å²) in [6, 6.07) is 10.8. The van der Waals surface area contributed by atoms with Crippen LogP contribution in [0.3, 0.4) is 0 Å². The van der Waals surface area contributed by atoms with E-state index >= 15 is 0 Å². The lowest BCUT2D eigenvalue weighted by Crippen LogP contribution is -2.38. The van der Waals surface area contributed by atoms with Crippen molar-refractivity contribution in [3.63, 3.8) is 0 Å². The van der Waals surface area contributed by atoms with E-state index < -0.39 is 0 Å². The Kier molecular flexibility index (Phi) is 10.9. The van der Waals surface area contributed by atoms with Gasteiger partial charge in [-0.15, -0.1) is 0 Å². The largest absolute Gasteiger partial charge is 0.382 e. The first-order valence-electron chi connectivity index (χ1n) is 9.00. The van der Waals surface area contributed by atoms with Crippen molar-refractivity contribution in [2.75, 3.05) is 46.9 Å². The Hall–Kier alpha value is -1.59. The van der Waals surface area contributed by atoms with Crippen LogP contribution in [0.1, 0.15) is 38.3 Å². The molecule has 136 valence electrons. The summed E-state index contributed by atoms with van der Waals surface area (Å²) in [5, 5.41) is 6.73. The maximum atomic E-state index is 5.36. The highest BCUT2D eigenvalue weighted by atomic mass is 16.5. The van der Waals surface area contributed by atoms with Crippen molar-refractivity contribution in [2.45, 2.75) is 32.7 Å². The summed E-state index contributed by atoms with van der Waals surface area (Å²) < 4.78 is 5.36. The number of likely N-dealkylation sites (N-methyl/N-ethyl adjacent to an activating group) is 1. The molecule has 5 nitrogen and oxygen atoms in total. The molecule has 1 aromatic rings. The van der Waals surface area contributed by atoms with Gasteiger partial charge in [0.1, 0.15) is 0 Å². The third-order valence-electron chi connectivity index (χ3n) is 3.79. The second-order valence-electron chi connectivity index (χ2n) is 5.94. The molecular weight excluding hydrogens is 300 g/mol. The summed E-state index contributed by atoms with van der Waals surface area (Å²) in [5.41, 5.74) is 1.29. The average Bonchev–Trinajstić information content (AvgIpc) is 2.58. The van der Waals surface area contributed by atoms with Crippen molar-refractivity contribution in [2.24, 2.45) is 4.99 Å². The van der Waals surface area contributed by atoms with Crippen molar-refractivity contribution < 1.29 is 4.74 Å². The van der Waals surface area contributed by atoms with E-state index in [0.717, 1.165) is 51.6 Å². The Morgan fingerprint density at radius 3 is 2.50 bits per heavy atom. The van der Waals surface area contributed by atoms with E-state index in [9.17, 15) is 0 Å². The molecule has 0 spiro atoms.